The molecular weight excluding hydrogens is 428 g/mol. The number of fused-ring (bicyclic) bond motifs is 3. The second-order valence-electron chi connectivity index (χ2n) is 11.0. The first-order chi connectivity index (χ1) is 16.5. The number of nitrogens with zero attached hydrogens (tertiary/aromatic N) is 3. The number of hydrogen-bond acceptors (Lipinski definition) is 4. The van der Waals surface area contributed by atoms with Gasteiger partial charge in [-0.15, -0.1) is 0 Å². The number of aromatic nitrogens is 1. The number of hydrogen-bond donors (Lipinski definition) is 1. The molecule has 1 aliphatic heterocycles. The quantitative estimate of drug-likeness (QED) is 0.647. The van der Waals surface area contributed by atoms with Gasteiger partial charge in [0.15, 0.2) is 5.58 Å². The van der Waals surface area contributed by atoms with Gasteiger partial charge in [-0.2, -0.15) is 0 Å². The van der Waals surface area contributed by atoms with E-state index in [0.29, 0.717) is 30.4 Å². The molecule has 3 aliphatic rings. The molecule has 2 aliphatic carbocycles. The molecule has 0 radical (unpaired) electrons. The second-order valence-corrected chi connectivity index (χ2v) is 11.0. The van der Waals surface area contributed by atoms with E-state index in [-0.39, 0.29) is 17.9 Å². The first kappa shape index (κ1) is 23.5. The lowest BCUT2D eigenvalue weighted by atomic mass is 9.91. The number of carbonyl (C=O) groups excluding carboxylic acids is 2. The molecule has 0 aromatic carbocycles. The number of furan rings is 1. The van der Waals surface area contributed by atoms with E-state index >= 15 is 0 Å². The Morgan fingerprint density at radius 1 is 1.15 bits per heavy atom. The van der Waals surface area contributed by atoms with Crippen LogP contribution in [0.3, 0.4) is 0 Å². The summed E-state index contributed by atoms with van der Waals surface area (Å²) in [6.45, 7) is 3.92. The lowest BCUT2D eigenvalue weighted by molar-refractivity contribution is -0.133. The highest BCUT2D eigenvalue weighted by Crippen LogP contribution is 2.33. The fourth-order valence-corrected chi connectivity index (χ4v) is 6.39. The Labute approximate surface area is 202 Å². The molecular formula is C27H40N4O3. The smallest absolute Gasteiger partial charge is 0.271 e. The highest BCUT2D eigenvalue weighted by molar-refractivity contribution is 6.02. The van der Waals surface area contributed by atoms with Crippen LogP contribution >= 0.6 is 0 Å². The van der Waals surface area contributed by atoms with Crippen molar-refractivity contribution in [1.82, 2.24) is 19.7 Å². The zero-order chi connectivity index (χ0) is 23.7. The van der Waals surface area contributed by atoms with E-state index < -0.39 is 5.54 Å². The molecule has 2 fully saturated rings. The van der Waals surface area contributed by atoms with Crippen LogP contribution in [0.15, 0.2) is 22.8 Å². The minimum Gasteiger partial charge on any atom is -0.463 e. The van der Waals surface area contributed by atoms with E-state index in [0.717, 1.165) is 44.2 Å². The van der Waals surface area contributed by atoms with Crippen molar-refractivity contribution >= 4 is 22.9 Å². The Hall–Kier alpha value is -2.28. The predicted octanol–water partition coefficient (Wildman–Crippen LogP) is 4.55. The predicted molar refractivity (Wildman–Crippen MR) is 133 cm³/mol. The van der Waals surface area contributed by atoms with Crippen LogP contribution in [0.1, 0.15) is 88.0 Å². The van der Waals surface area contributed by atoms with Gasteiger partial charge in [-0.3, -0.25) is 9.59 Å². The van der Waals surface area contributed by atoms with Gasteiger partial charge in [0, 0.05) is 30.8 Å². The molecule has 2 saturated carbocycles. The van der Waals surface area contributed by atoms with Crippen LogP contribution in [-0.4, -0.2) is 63.9 Å². The van der Waals surface area contributed by atoms with Crippen molar-refractivity contribution in [3.63, 3.8) is 0 Å². The van der Waals surface area contributed by atoms with Crippen molar-refractivity contribution in [3.05, 3.63) is 24.1 Å². The van der Waals surface area contributed by atoms with Gasteiger partial charge in [-0.1, -0.05) is 38.5 Å². The summed E-state index contributed by atoms with van der Waals surface area (Å²) in [6, 6.07) is 4.58. The first-order valence-corrected chi connectivity index (χ1v) is 13.4. The Morgan fingerprint density at radius 2 is 1.85 bits per heavy atom. The van der Waals surface area contributed by atoms with Crippen molar-refractivity contribution in [2.24, 2.45) is 0 Å². The third-order valence-corrected chi connectivity index (χ3v) is 8.57. The van der Waals surface area contributed by atoms with Gasteiger partial charge in [0.1, 0.15) is 11.2 Å². The Bertz CT molecular complexity index is 1010. The highest BCUT2D eigenvalue weighted by Gasteiger charge is 2.48. The second kappa shape index (κ2) is 9.76. The summed E-state index contributed by atoms with van der Waals surface area (Å²) in [4.78, 5) is 31.8. The number of nitrogens with one attached hydrogen (secondary N) is 1. The van der Waals surface area contributed by atoms with Crippen LogP contribution < -0.4 is 5.32 Å². The third kappa shape index (κ3) is 4.39. The molecule has 2 amide bonds. The van der Waals surface area contributed by atoms with Gasteiger partial charge >= 0.3 is 0 Å². The number of carbonyl (C=O) groups is 2. The topological polar surface area (TPSA) is 70.7 Å². The Balaban J connectivity index is 1.35. The number of amides is 2. The molecule has 0 unspecified atom stereocenters. The van der Waals surface area contributed by atoms with Crippen molar-refractivity contribution in [3.8, 4) is 0 Å². The Morgan fingerprint density at radius 3 is 2.59 bits per heavy atom. The highest BCUT2D eigenvalue weighted by atomic mass is 16.3. The van der Waals surface area contributed by atoms with E-state index in [4.69, 9.17) is 4.42 Å². The van der Waals surface area contributed by atoms with Crippen molar-refractivity contribution in [2.75, 3.05) is 20.1 Å². The molecule has 0 saturated heterocycles. The van der Waals surface area contributed by atoms with Crippen LogP contribution in [0.5, 0.6) is 0 Å². The molecule has 0 spiro atoms. The maximum Gasteiger partial charge on any atom is 0.271 e. The SMILES string of the molecule is CN(CCCN1C(=O)c2cc3occc3n2C[C@@]1(C)C(=O)NC1CCCCC1)C1CCCCC1. The standard InChI is InChI=1S/C27H40N4O3/c1-27(26(33)28-20-10-5-3-6-11-20)19-30-22-14-17-34-24(22)18-23(30)25(32)31(27)16-9-15-29(2)21-12-7-4-8-13-21/h14,17-18,20-21H,3-13,15-16,19H2,1-2H3,(H,28,33)/t27-/m0/s1. The molecule has 5 rings (SSSR count). The summed E-state index contributed by atoms with van der Waals surface area (Å²) >= 11 is 0. The van der Waals surface area contributed by atoms with E-state index in [2.05, 4.69) is 17.3 Å². The maximum absolute atomic E-state index is 13.7. The average Bonchev–Trinajstić information content (AvgIpc) is 3.45. The molecule has 3 heterocycles. The van der Waals surface area contributed by atoms with E-state index in [1.54, 1.807) is 6.26 Å². The van der Waals surface area contributed by atoms with Gasteiger partial charge in [0.05, 0.1) is 18.3 Å². The maximum atomic E-state index is 13.7. The van der Waals surface area contributed by atoms with Gasteiger partial charge in [-0.25, -0.2) is 0 Å². The molecule has 7 heteroatoms. The van der Waals surface area contributed by atoms with Gasteiger partial charge in [-0.05, 0) is 52.6 Å². The lowest BCUT2D eigenvalue weighted by Crippen LogP contribution is -2.65. The van der Waals surface area contributed by atoms with Gasteiger partial charge in [0.2, 0.25) is 5.91 Å². The Kier molecular flexibility index (Phi) is 6.74. The first-order valence-electron chi connectivity index (χ1n) is 13.4. The zero-order valence-corrected chi connectivity index (χ0v) is 20.9. The summed E-state index contributed by atoms with van der Waals surface area (Å²) in [6.07, 6.45) is 14.7. The van der Waals surface area contributed by atoms with E-state index in [1.165, 1.54) is 38.5 Å². The molecule has 186 valence electrons. The van der Waals surface area contributed by atoms with Crippen molar-refractivity contribution in [2.45, 2.75) is 102 Å². The molecule has 1 N–H and O–H groups in total. The van der Waals surface area contributed by atoms with Crippen molar-refractivity contribution < 1.29 is 14.0 Å². The van der Waals surface area contributed by atoms with Crippen LogP contribution in [0.4, 0.5) is 0 Å². The molecule has 1 atom stereocenters. The molecule has 2 aromatic rings. The van der Waals surface area contributed by atoms with Gasteiger partial charge in [0.25, 0.3) is 5.91 Å². The van der Waals surface area contributed by atoms with E-state index in [9.17, 15) is 9.59 Å². The molecule has 2 aromatic heterocycles. The monoisotopic (exact) mass is 468 g/mol. The van der Waals surface area contributed by atoms with Crippen molar-refractivity contribution in [1.29, 1.82) is 0 Å². The normalized spacial score (nSPS) is 24.7. The fourth-order valence-electron chi connectivity index (χ4n) is 6.39. The van der Waals surface area contributed by atoms with Crippen LogP contribution in [0.2, 0.25) is 0 Å². The molecule has 7 nitrogen and oxygen atoms in total. The third-order valence-electron chi connectivity index (χ3n) is 8.57. The molecule has 0 bridgehead atoms. The average molecular weight is 469 g/mol. The lowest BCUT2D eigenvalue weighted by Gasteiger charge is -2.45. The fraction of sp³-hybridized carbons (Fsp3) is 0.704. The summed E-state index contributed by atoms with van der Waals surface area (Å²) in [7, 11) is 2.21. The van der Waals surface area contributed by atoms with Crippen LogP contribution in [0.25, 0.3) is 11.1 Å². The minimum atomic E-state index is -0.922. The largest absolute Gasteiger partial charge is 0.463 e. The minimum absolute atomic E-state index is 0.0237. The summed E-state index contributed by atoms with van der Waals surface area (Å²) in [5.74, 6) is -0.0938. The summed E-state index contributed by atoms with van der Waals surface area (Å²) in [5.41, 5.74) is 1.29. The van der Waals surface area contributed by atoms with Crippen LogP contribution in [-0.2, 0) is 11.3 Å². The summed E-state index contributed by atoms with van der Waals surface area (Å²) < 4.78 is 7.56. The summed E-state index contributed by atoms with van der Waals surface area (Å²) in [5, 5.41) is 3.32. The zero-order valence-electron chi connectivity index (χ0n) is 20.9. The van der Waals surface area contributed by atoms with Crippen LogP contribution in [0, 0.1) is 0 Å². The van der Waals surface area contributed by atoms with Gasteiger partial charge < -0.3 is 24.1 Å². The van der Waals surface area contributed by atoms with E-state index in [1.807, 2.05) is 28.5 Å². The molecule has 34 heavy (non-hydrogen) atoms. The number of rotatable bonds is 7.